The number of nitrogens with zero attached hydrogens (tertiary/aromatic N) is 1. The van der Waals surface area contributed by atoms with Crippen LogP contribution in [0.25, 0.3) is 0 Å². The number of aliphatic hydroxyl groups excluding tert-OH is 1. The lowest BCUT2D eigenvalue weighted by Crippen LogP contribution is -2.39. The van der Waals surface area contributed by atoms with Crippen LogP contribution in [-0.4, -0.2) is 37.3 Å². The standard InChI is InChI=1S/C16H25N3O2/c1-4-17-16(19-14-9-11(14)2)18-10-15(20)12-5-7-13(21-3)8-6-12/h5-8,11,14-15,20H,4,9-10H2,1-3H3,(H2,17,18,19). The van der Waals surface area contributed by atoms with Crippen molar-refractivity contribution >= 4 is 5.96 Å². The maximum atomic E-state index is 10.2. The van der Waals surface area contributed by atoms with E-state index >= 15 is 0 Å². The summed E-state index contributed by atoms with van der Waals surface area (Å²) in [6.45, 7) is 5.40. The van der Waals surface area contributed by atoms with Crippen molar-refractivity contribution in [1.82, 2.24) is 10.6 Å². The van der Waals surface area contributed by atoms with E-state index in [2.05, 4.69) is 22.5 Å². The van der Waals surface area contributed by atoms with E-state index in [0.717, 1.165) is 23.8 Å². The number of nitrogens with one attached hydrogen (secondary N) is 2. The van der Waals surface area contributed by atoms with Gasteiger partial charge in [0, 0.05) is 12.6 Å². The summed E-state index contributed by atoms with van der Waals surface area (Å²) < 4.78 is 5.11. The predicted molar refractivity (Wildman–Crippen MR) is 84.6 cm³/mol. The van der Waals surface area contributed by atoms with E-state index in [9.17, 15) is 5.11 Å². The summed E-state index contributed by atoms with van der Waals surface area (Å²) in [7, 11) is 1.63. The van der Waals surface area contributed by atoms with E-state index in [0.29, 0.717) is 18.5 Å². The summed E-state index contributed by atoms with van der Waals surface area (Å²) in [6.07, 6.45) is 0.578. The van der Waals surface area contributed by atoms with Crippen molar-refractivity contribution in [2.45, 2.75) is 32.4 Å². The highest BCUT2D eigenvalue weighted by Gasteiger charge is 2.33. The summed E-state index contributed by atoms with van der Waals surface area (Å²) in [6, 6.07) is 7.93. The molecule has 5 heteroatoms. The molecule has 1 aromatic carbocycles. The van der Waals surface area contributed by atoms with E-state index in [1.807, 2.05) is 31.2 Å². The zero-order valence-corrected chi connectivity index (χ0v) is 13.0. The monoisotopic (exact) mass is 291 g/mol. The van der Waals surface area contributed by atoms with Gasteiger partial charge >= 0.3 is 0 Å². The second kappa shape index (κ2) is 7.31. The van der Waals surface area contributed by atoms with Gasteiger partial charge < -0.3 is 20.5 Å². The van der Waals surface area contributed by atoms with Gasteiger partial charge in [0.2, 0.25) is 0 Å². The first-order chi connectivity index (χ1) is 10.1. The average Bonchev–Trinajstić information content (AvgIpc) is 3.20. The zero-order chi connectivity index (χ0) is 15.2. The first kappa shape index (κ1) is 15.6. The molecule has 116 valence electrons. The van der Waals surface area contributed by atoms with E-state index in [-0.39, 0.29) is 0 Å². The molecule has 2 rings (SSSR count). The molecule has 3 unspecified atom stereocenters. The van der Waals surface area contributed by atoms with Crippen LogP contribution >= 0.6 is 0 Å². The highest BCUT2D eigenvalue weighted by Crippen LogP contribution is 2.28. The maximum Gasteiger partial charge on any atom is 0.191 e. The zero-order valence-electron chi connectivity index (χ0n) is 13.0. The van der Waals surface area contributed by atoms with Crippen LogP contribution in [-0.2, 0) is 0 Å². The molecule has 1 aromatic rings. The van der Waals surface area contributed by atoms with Gasteiger partial charge in [-0.1, -0.05) is 19.1 Å². The van der Waals surface area contributed by atoms with E-state index in [4.69, 9.17) is 4.74 Å². The van der Waals surface area contributed by atoms with Gasteiger partial charge in [-0.25, -0.2) is 0 Å². The fourth-order valence-corrected chi connectivity index (χ4v) is 2.13. The Balaban J connectivity index is 1.91. The van der Waals surface area contributed by atoms with Crippen molar-refractivity contribution in [1.29, 1.82) is 0 Å². The summed E-state index contributed by atoms with van der Waals surface area (Å²) in [5.74, 6) is 2.27. The molecule has 21 heavy (non-hydrogen) atoms. The molecule has 3 N–H and O–H groups in total. The Morgan fingerprint density at radius 3 is 2.62 bits per heavy atom. The molecule has 0 amide bonds. The molecule has 1 saturated carbocycles. The summed E-state index contributed by atoms with van der Waals surface area (Å²) in [4.78, 5) is 4.46. The molecule has 0 bridgehead atoms. The Labute approximate surface area is 126 Å². The molecule has 5 nitrogen and oxygen atoms in total. The second-order valence-corrected chi connectivity index (χ2v) is 5.47. The number of rotatable bonds is 6. The minimum atomic E-state index is -0.608. The maximum absolute atomic E-state index is 10.2. The Morgan fingerprint density at radius 1 is 1.43 bits per heavy atom. The number of methoxy groups -OCH3 is 1. The molecule has 1 aliphatic rings. The number of guanidine groups is 1. The fraction of sp³-hybridized carbons (Fsp3) is 0.562. The molecule has 0 aliphatic heterocycles. The lowest BCUT2D eigenvalue weighted by molar-refractivity contribution is 0.187. The van der Waals surface area contributed by atoms with Crippen molar-refractivity contribution in [3.63, 3.8) is 0 Å². The number of aliphatic imine (C=N–C) groups is 1. The van der Waals surface area contributed by atoms with Gasteiger partial charge in [-0.3, -0.25) is 4.99 Å². The minimum absolute atomic E-state index is 0.336. The van der Waals surface area contributed by atoms with Crippen molar-refractivity contribution in [2.75, 3.05) is 20.2 Å². The Hall–Kier alpha value is -1.75. The smallest absolute Gasteiger partial charge is 0.191 e. The van der Waals surface area contributed by atoms with Gasteiger partial charge in [0.1, 0.15) is 5.75 Å². The van der Waals surface area contributed by atoms with Crippen LogP contribution in [0.5, 0.6) is 5.75 Å². The highest BCUT2D eigenvalue weighted by molar-refractivity contribution is 5.80. The first-order valence-corrected chi connectivity index (χ1v) is 7.51. The van der Waals surface area contributed by atoms with Crippen molar-refractivity contribution in [3.05, 3.63) is 29.8 Å². The molecule has 0 spiro atoms. The molecule has 3 atom stereocenters. The lowest BCUT2D eigenvalue weighted by Gasteiger charge is -2.13. The van der Waals surface area contributed by atoms with E-state index in [1.54, 1.807) is 7.11 Å². The highest BCUT2D eigenvalue weighted by atomic mass is 16.5. The van der Waals surface area contributed by atoms with Crippen molar-refractivity contribution < 1.29 is 9.84 Å². The van der Waals surface area contributed by atoms with Gasteiger partial charge in [-0.2, -0.15) is 0 Å². The van der Waals surface area contributed by atoms with Gasteiger partial charge in [0.25, 0.3) is 0 Å². The topological polar surface area (TPSA) is 65.9 Å². The largest absolute Gasteiger partial charge is 0.497 e. The van der Waals surface area contributed by atoms with E-state index in [1.165, 1.54) is 6.42 Å². The van der Waals surface area contributed by atoms with Crippen molar-refractivity contribution in [2.24, 2.45) is 10.9 Å². The number of hydrogen-bond donors (Lipinski definition) is 3. The first-order valence-electron chi connectivity index (χ1n) is 7.51. The van der Waals surface area contributed by atoms with Gasteiger partial charge in [-0.05, 0) is 37.0 Å². The van der Waals surface area contributed by atoms with Crippen LogP contribution in [0.3, 0.4) is 0 Å². The minimum Gasteiger partial charge on any atom is -0.497 e. The van der Waals surface area contributed by atoms with Crippen LogP contribution in [0.15, 0.2) is 29.3 Å². The summed E-state index contributed by atoms with van der Waals surface area (Å²) in [5.41, 5.74) is 0.843. The third-order valence-electron chi connectivity index (χ3n) is 3.70. The Kier molecular flexibility index (Phi) is 5.44. The summed E-state index contributed by atoms with van der Waals surface area (Å²) in [5, 5.41) is 16.8. The van der Waals surface area contributed by atoms with Crippen LogP contribution < -0.4 is 15.4 Å². The lowest BCUT2D eigenvalue weighted by atomic mass is 10.1. The van der Waals surface area contributed by atoms with Gasteiger partial charge in [-0.15, -0.1) is 0 Å². The second-order valence-electron chi connectivity index (χ2n) is 5.47. The van der Waals surface area contributed by atoms with Gasteiger partial charge in [0.05, 0.1) is 19.8 Å². The average molecular weight is 291 g/mol. The number of hydrogen-bond acceptors (Lipinski definition) is 3. The van der Waals surface area contributed by atoms with Crippen LogP contribution in [0.2, 0.25) is 0 Å². The van der Waals surface area contributed by atoms with Crippen LogP contribution in [0.1, 0.15) is 31.9 Å². The SMILES string of the molecule is CCNC(=NCC(O)c1ccc(OC)cc1)NC1CC1C. The molecular formula is C16H25N3O2. The van der Waals surface area contributed by atoms with Crippen molar-refractivity contribution in [3.8, 4) is 5.75 Å². The van der Waals surface area contributed by atoms with Crippen LogP contribution in [0.4, 0.5) is 0 Å². The van der Waals surface area contributed by atoms with Crippen LogP contribution in [0, 0.1) is 5.92 Å². The van der Waals surface area contributed by atoms with E-state index < -0.39 is 6.10 Å². The number of ether oxygens (including phenoxy) is 1. The molecule has 0 saturated heterocycles. The Morgan fingerprint density at radius 2 is 2.10 bits per heavy atom. The molecule has 0 aromatic heterocycles. The molecule has 1 fully saturated rings. The number of aliphatic hydroxyl groups is 1. The quantitative estimate of drug-likeness (QED) is 0.551. The number of benzene rings is 1. The predicted octanol–water partition coefficient (Wildman–Crippen LogP) is 1.69. The summed E-state index contributed by atoms with van der Waals surface area (Å²) >= 11 is 0. The molecular weight excluding hydrogens is 266 g/mol. The Bertz CT molecular complexity index is 473. The van der Waals surface area contributed by atoms with Gasteiger partial charge in [0.15, 0.2) is 5.96 Å². The molecule has 0 heterocycles. The normalized spacial score (nSPS) is 22.6. The molecule has 1 aliphatic carbocycles. The third-order valence-corrected chi connectivity index (χ3v) is 3.70. The third kappa shape index (κ3) is 4.63. The fourth-order valence-electron chi connectivity index (χ4n) is 2.13. The molecule has 0 radical (unpaired) electrons.